The summed E-state index contributed by atoms with van der Waals surface area (Å²) < 4.78 is 2.88. The Morgan fingerprint density at radius 2 is 1.68 bits per heavy atom. The largest absolute Gasteiger partial charge is 1.00 e. The molecule has 3 nitrogen and oxygen atoms in total. The number of benzene rings is 2. The first-order chi connectivity index (χ1) is 10.2. The van der Waals surface area contributed by atoms with Gasteiger partial charge in [-0.2, -0.15) is 4.57 Å². The molecule has 0 unspecified atom stereocenters. The molecule has 1 aromatic heterocycles. The number of carbonyl (C=O) groups excluding carboxylic acids is 1. The first kappa shape index (κ1) is 16.5. The predicted molar refractivity (Wildman–Crippen MR) is 86.9 cm³/mol. The van der Waals surface area contributed by atoms with Crippen LogP contribution in [0.2, 0.25) is 0 Å². The lowest BCUT2D eigenvalue weighted by molar-refractivity contribution is -0.682. The molecule has 0 saturated heterocycles. The molecule has 0 radical (unpaired) electrons. The minimum Gasteiger partial charge on any atom is -1.00 e. The van der Waals surface area contributed by atoms with Gasteiger partial charge in [-0.25, -0.2) is 0 Å². The van der Waals surface area contributed by atoms with Crippen LogP contribution in [0.25, 0.3) is 10.8 Å². The van der Waals surface area contributed by atoms with E-state index >= 15 is 0 Å². The molecule has 1 amide bonds. The Morgan fingerprint density at radius 3 is 2.41 bits per heavy atom. The van der Waals surface area contributed by atoms with E-state index in [2.05, 4.69) is 27.3 Å². The number of rotatable bonds is 3. The molecule has 3 aromatic rings. The van der Waals surface area contributed by atoms with Gasteiger partial charge in [0.1, 0.15) is 0 Å². The Morgan fingerprint density at radius 1 is 1.00 bits per heavy atom. The SMILES string of the molecule is O=C(C[n+]1ccc2ccccc2c1)Nc1ccc(Br)cc1.[Cl-]. The van der Waals surface area contributed by atoms with Gasteiger partial charge in [0.25, 0.3) is 5.91 Å². The number of hydrogen-bond acceptors (Lipinski definition) is 1. The lowest BCUT2D eigenvalue weighted by atomic mass is 10.2. The van der Waals surface area contributed by atoms with Gasteiger partial charge < -0.3 is 17.7 Å². The number of pyridine rings is 1. The second-order valence-corrected chi connectivity index (χ2v) is 5.72. The molecular formula is C17H14BrClN2O. The molecule has 0 fully saturated rings. The first-order valence-corrected chi connectivity index (χ1v) is 7.43. The molecule has 22 heavy (non-hydrogen) atoms. The fraction of sp³-hybridized carbons (Fsp3) is 0.0588. The number of carbonyl (C=O) groups is 1. The second kappa shape index (κ2) is 7.38. The maximum absolute atomic E-state index is 12.1. The van der Waals surface area contributed by atoms with Crippen LogP contribution in [0, 0.1) is 0 Å². The van der Waals surface area contributed by atoms with Crippen molar-refractivity contribution in [3.8, 4) is 0 Å². The summed E-state index contributed by atoms with van der Waals surface area (Å²) in [6.07, 6.45) is 3.90. The van der Waals surface area contributed by atoms with Crippen molar-refractivity contribution in [3.05, 3.63) is 71.5 Å². The number of hydrogen-bond donors (Lipinski definition) is 1. The van der Waals surface area contributed by atoms with Crippen LogP contribution in [0.5, 0.6) is 0 Å². The Labute approximate surface area is 143 Å². The van der Waals surface area contributed by atoms with Crippen molar-refractivity contribution in [2.45, 2.75) is 6.54 Å². The molecule has 1 N–H and O–H groups in total. The number of nitrogens with zero attached hydrogens (tertiary/aromatic N) is 1. The fourth-order valence-electron chi connectivity index (χ4n) is 2.18. The van der Waals surface area contributed by atoms with Crippen LogP contribution < -0.4 is 22.3 Å². The molecule has 112 valence electrons. The number of halogens is 2. The van der Waals surface area contributed by atoms with Crippen molar-refractivity contribution in [1.29, 1.82) is 0 Å². The Bertz CT molecular complexity index is 790. The van der Waals surface area contributed by atoms with Crippen molar-refractivity contribution in [3.63, 3.8) is 0 Å². The normalized spacial score (nSPS) is 10.0. The first-order valence-electron chi connectivity index (χ1n) is 6.64. The van der Waals surface area contributed by atoms with Gasteiger partial charge in [-0.3, -0.25) is 4.79 Å². The molecule has 0 spiro atoms. The summed E-state index contributed by atoms with van der Waals surface area (Å²) in [7, 11) is 0. The minimum atomic E-state index is -0.0439. The Hall–Kier alpha value is -1.91. The zero-order chi connectivity index (χ0) is 14.7. The monoisotopic (exact) mass is 376 g/mol. The van der Waals surface area contributed by atoms with E-state index in [-0.39, 0.29) is 18.3 Å². The number of anilines is 1. The lowest BCUT2D eigenvalue weighted by Gasteiger charge is -2.03. The molecule has 5 heteroatoms. The van der Waals surface area contributed by atoms with Gasteiger partial charge in [0, 0.05) is 21.6 Å². The van der Waals surface area contributed by atoms with E-state index in [1.165, 1.54) is 5.39 Å². The molecule has 0 bridgehead atoms. The smallest absolute Gasteiger partial charge is 0.290 e. The summed E-state index contributed by atoms with van der Waals surface area (Å²) in [5, 5.41) is 5.18. The highest BCUT2D eigenvalue weighted by Crippen LogP contribution is 2.14. The summed E-state index contributed by atoms with van der Waals surface area (Å²) >= 11 is 3.37. The van der Waals surface area contributed by atoms with E-state index in [1.54, 1.807) is 0 Å². The summed E-state index contributed by atoms with van der Waals surface area (Å²) in [5.74, 6) is -0.0439. The van der Waals surface area contributed by atoms with E-state index in [0.29, 0.717) is 6.54 Å². The Kier molecular flexibility index (Phi) is 5.52. The van der Waals surface area contributed by atoms with Crippen LogP contribution in [0.3, 0.4) is 0 Å². The van der Waals surface area contributed by atoms with Crippen LogP contribution in [0.4, 0.5) is 5.69 Å². The number of amides is 1. The summed E-state index contributed by atoms with van der Waals surface area (Å²) in [6.45, 7) is 0.293. The van der Waals surface area contributed by atoms with Gasteiger partial charge in [-0.1, -0.05) is 34.1 Å². The zero-order valence-electron chi connectivity index (χ0n) is 11.7. The van der Waals surface area contributed by atoms with Crippen LogP contribution in [-0.2, 0) is 11.3 Å². The standard InChI is InChI=1S/C17H13BrN2O.ClH/c18-15-5-7-16(8-6-15)19-17(21)12-20-10-9-13-3-1-2-4-14(13)11-20;/h1-11H,12H2;1H. The quantitative estimate of drug-likeness (QED) is 0.664. The number of nitrogens with one attached hydrogen (secondary N) is 1. The highest BCUT2D eigenvalue weighted by Gasteiger charge is 2.10. The number of aromatic nitrogens is 1. The third-order valence-corrected chi connectivity index (χ3v) is 3.73. The van der Waals surface area contributed by atoms with E-state index in [9.17, 15) is 4.79 Å². The summed E-state index contributed by atoms with van der Waals surface area (Å²) in [6, 6.07) is 17.7. The highest BCUT2D eigenvalue weighted by atomic mass is 79.9. The van der Waals surface area contributed by atoms with Gasteiger partial charge in [-0.05, 0) is 35.7 Å². The third kappa shape index (κ3) is 4.06. The van der Waals surface area contributed by atoms with Crippen LogP contribution in [0.1, 0.15) is 0 Å². The molecule has 2 aromatic carbocycles. The van der Waals surface area contributed by atoms with Crippen molar-refractivity contribution in [2.75, 3.05) is 5.32 Å². The van der Waals surface area contributed by atoms with E-state index in [4.69, 9.17) is 0 Å². The van der Waals surface area contributed by atoms with Crippen LogP contribution >= 0.6 is 15.9 Å². The van der Waals surface area contributed by atoms with Crippen LogP contribution in [-0.4, -0.2) is 5.91 Å². The average molecular weight is 378 g/mol. The highest BCUT2D eigenvalue weighted by molar-refractivity contribution is 9.10. The van der Waals surface area contributed by atoms with Gasteiger partial charge in [0.05, 0.1) is 0 Å². The summed E-state index contributed by atoms with van der Waals surface area (Å²) in [4.78, 5) is 12.1. The van der Waals surface area contributed by atoms with Crippen molar-refractivity contribution < 1.29 is 21.8 Å². The Balaban J connectivity index is 0.00000176. The van der Waals surface area contributed by atoms with E-state index in [0.717, 1.165) is 15.5 Å². The van der Waals surface area contributed by atoms with Crippen molar-refractivity contribution in [1.82, 2.24) is 0 Å². The van der Waals surface area contributed by atoms with Crippen molar-refractivity contribution in [2.24, 2.45) is 0 Å². The van der Waals surface area contributed by atoms with Crippen LogP contribution in [0.15, 0.2) is 71.5 Å². The predicted octanol–water partition coefficient (Wildman–Crippen LogP) is 0.532. The topological polar surface area (TPSA) is 33.0 Å². The van der Waals surface area contributed by atoms with Gasteiger partial charge in [-0.15, -0.1) is 0 Å². The maximum Gasteiger partial charge on any atom is 0.290 e. The summed E-state index contributed by atoms with van der Waals surface area (Å²) in [5.41, 5.74) is 0.796. The molecule has 0 aliphatic carbocycles. The zero-order valence-corrected chi connectivity index (χ0v) is 14.0. The lowest BCUT2D eigenvalue weighted by Crippen LogP contribution is -3.00. The average Bonchev–Trinajstić information content (AvgIpc) is 2.49. The maximum atomic E-state index is 12.1. The third-order valence-electron chi connectivity index (χ3n) is 3.20. The van der Waals surface area contributed by atoms with Gasteiger partial charge in [0.2, 0.25) is 6.54 Å². The van der Waals surface area contributed by atoms with Crippen molar-refractivity contribution >= 4 is 38.3 Å². The molecular weight excluding hydrogens is 364 g/mol. The molecule has 3 rings (SSSR count). The number of fused-ring (bicyclic) bond motifs is 1. The molecule has 1 heterocycles. The molecule has 0 saturated carbocycles. The van der Waals surface area contributed by atoms with Gasteiger partial charge in [0.15, 0.2) is 12.4 Å². The van der Waals surface area contributed by atoms with E-state index < -0.39 is 0 Å². The van der Waals surface area contributed by atoms with Gasteiger partial charge >= 0.3 is 0 Å². The molecule has 0 atom stereocenters. The fourth-order valence-corrected chi connectivity index (χ4v) is 2.44. The molecule has 0 aliphatic heterocycles. The van der Waals surface area contributed by atoms with E-state index in [1.807, 2.05) is 65.5 Å². The minimum absolute atomic E-state index is 0. The molecule has 0 aliphatic rings. The second-order valence-electron chi connectivity index (χ2n) is 4.80.